The molecule has 1 aliphatic heterocycles. The molecule has 0 bridgehead atoms. The summed E-state index contributed by atoms with van der Waals surface area (Å²) in [5.41, 5.74) is 2.37. The Balaban J connectivity index is 1.90. The summed E-state index contributed by atoms with van der Waals surface area (Å²) >= 11 is 0. The van der Waals surface area contributed by atoms with Crippen LogP contribution in [-0.4, -0.2) is 42.2 Å². The summed E-state index contributed by atoms with van der Waals surface area (Å²) in [7, 11) is 0. The first kappa shape index (κ1) is 15.8. The molecule has 1 aromatic rings. The average Bonchev–Trinajstić information content (AvgIpc) is 2.47. The number of aliphatic hydroxyl groups is 1. The van der Waals surface area contributed by atoms with E-state index in [4.69, 9.17) is 4.74 Å². The zero-order chi connectivity index (χ0) is 15.4. The van der Waals surface area contributed by atoms with E-state index in [1.54, 1.807) is 0 Å². The number of carbonyl (C=O) groups is 1. The van der Waals surface area contributed by atoms with Crippen molar-refractivity contribution in [2.24, 2.45) is 11.8 Å². The SMILES string of the molecule is Cc1ccc(OCC(=O)N2CC(C)CC(CO)C2)cc1C. The van der Waals surface area contributed by atoms with Crippen molar-refractivity contribution < 1.29 is 14.6 Å². The molecule has 2 atom stereocenters. The van der Waals surface area contributed by atoms with E-state index in [2.05, 4.69) is 13.8 Å². The Labute approximate surface area is 126 Å². The molecule has 4 nitrogen and oxygen atoms in total. The number of amides is 1. The number of nitrogens with zero attached hydrogens (tertiary/aromatic N) is 1. The van der Waals surface area contributed by atoms with E-state index in [9.17, 15) is 9.90 Å². The van der Waals surface area contributed by atoms with Crippen LogP contribution in [0.1, 0.15) is 24.5 Å². The number of likely N-dealkylation sites (tertiary alicyclic amines) is 1. The number of piperidine rings is 1. The van der Waals surface area contributed by atoms with E-state index in [-0.39, 0.29) is 25.0 Å². The minimum Gasteiger partial charge on any atom is -0.484 e. The van der Waals surface area contributed by atoms with E-state index < -0.39 is 0 Å². The summed E-state index contributed by atoms with van der Waals surface area (Å²) in [6.07, 6.45) is 0.984. The summed E-state index contributed by atoms with van der Waals surface area (Å²) in [4.78, 5) is 14.1. The summed E-state index contributed by atoms with van der Waals surface area (Å²) in [6, 6.07) is 5.85. The molecule has 1 fully saturated rings. The number of hydrogen-bond acceptors (Lipinski definition) is 3. The van der Waals surface area contributed by atoms with Gasteiger partial charge in [-0.15, -0.1) is 0 Å². The maximum Gasteiger partial charge on any atom is 0.260 e. The Morgan fingerprint density at radius 2 is 2.10 bits per heavy atom. The number of rotatable bonds is 4. The fourth-order valence-electron chi connectivity index (χ4n) is 2.86. The maximum absolute atomic E-state index is 12.2. The topological polar surface area (TPSA) is 49.8 Å². The van der Waals surface area contributed by atoms with Crippen LogP contribution in [0.2, 0.25) is 0 Å². The Morgan fingerprint density at radius 1 is 1.33 bits per heavy atom. The molecule has 2 rings (SSSR count). The molecule has 116 valence electrons. The highest BCUT2D eigenvalue weighted by atomic mass is 16.5. The van der Waals surface area contributed by atoms with Crippen LogP contribution in [0, 0.1) is 25.7 Å². The molecule has 1 heterocycles. The van der Waals surface area contributed by atoms with Crippen molar-refractivity contribution in [3.05, 3.63) is 29.3 Å². The van der Waals surface area contributed by atoms with E-state index in [1.165, 1.54) is 5.56 Å². The highest BCUT2D eigenvalue weighted by Crippen LogP contribution is 2.21. The standard InChI is InChI=1S/C17H25NO3/c1-12-6-15(10-19)9-18(8-12)17(20)11-21-16-5-4-13(2)14(3)7-16/h4-5,7,12,15,19H,6,8-11H2,1-3H3. The van der Waals surface area contributed by atoms with Crippen molar-refractivity contribution in [1.82, 2.24) is 4.90 Å². The van der Waals surface area contributed by atoms with Gasteiger partial charge in [-0.3, -0.25) is 4.79 Å². The second-order valence-electron chi connectivity index (χ2n) is 6.22. The quantitative estimate of drug-likeness (QED) is 0.925. The van der Waals surface area contributed by atoms with E-state index in [0.717, 1.165) is 24.3 Å². The normalized spacial score (nSPS) is 22.2. The van der Waals surface area contributed by atoms with Crippen LogP contribution < -0.4 is 4.74 Å². The van der Waals surface area contributed by atoms with Crippen LogP contribution in [0.5, 0.6) is 5.75 Å². The maximum atomic E-state index is 12.2. The Kier molecular flexibility index (Phi) is 5.23. The number of aliphatic hydroxyl groups excluding tert-OH is 1. The van der Waals surface area contributed by atoms with Crippen LogP contribution in [0.4, 0.5) is 0 Å². The van der Waals surface area contributed by atoms with Gasteiger partial charge >= 0.3 is 0 Å². The van der Waals surface area contributed by atoms with Crippen molar-refractivity contribution in [3.8, 4) is 5.75 Å². The smallest absolute Gasteiger partial charge is 0.260 e. The van der Waals surface area contributed by atoms with Crippen molar-refractivity contribution in [2.75, 3.05) is 26.3 Å². The second kappa shape index (κ2) is 6.94. The fourth-order valence-corrected chi connectivity index (χ4v) is 2.86. The number of aryl methyl sites for hydroxylation is 2. The van der Waals surface area contributed by atoms with Gasteiger partial charge in [-0.1, -0.05) is 13.0 Å². The van der Waals surface area contributed by atoms with E-state index in [0.29, 0.717) is 12.5 Å². The third kappa shape index (κ3) is 4.21. The molecular weight excluding hydrogens is 266 g/mol. The Hall–Kier alpha value is -1.55. The molecule has 0 spiro atoms. The number of benzene rings is 1. The van der Waals surface area contributed by atoms with Gasteiger partial charge in [0.05, 0.1) is 0 Å². The third-order valence-corrected chi connectivity index (χ3v) is 4.20. The lowest BCUT2D eigenvalue weighted by Crippen LogP contribution is -2.46. The van der Waals surface area contributed by atoms with Crippen molar-refractivity contribution in [1.29, 1.82) is 0 Å². The monoisotopic (exact) mass is 291 g/mol. The Bertz CT molecular complexity index is 501. The van der Waals surface area contributed by atoms with Crippen LogP contribution in [0.25, 0.3) is 0 Å². The molecule has 21 heavy (non-hydrogen) atoms. The van der Waals surface area contributed by atoms with Gasteiger partial charge in [-0.2, -0.15) is 0 Å². The van der Waals surface area contributed by atoms with Gasteiger partial charge in [-0.05, 0) is 55.4 Å². The molecule has 0 saturated carbocycles. The molecule has 1 amide bonds. The second-order valence-corrected chi connectivity index (χ2v) is 6.22. The van der Waals surface area contributed by atoms with Crippen LogP contribution in [0.3, 0.4) is 0 Å². The lowest BCUT2D eigenvalue weighted by Gasteiger charge is -2.35. The van der Waals surface area contributed by atoms with Gasteiger partial charge in [0, 0.05) is 19.7 Å². The lowest BCUT2D eigenvalue weighted by atomic mass is 9.91. The van der Waals surface area contributed by atoms with Crippen molar-refractivity contribution in [3.63, 3.8) is 0 Å². The van der Waals surface area contributed by atoms with Crippen LogP contribution in [-0.2, 0) is 4.79 Å². The number of ether oxygens (including phenoxy) is 1. The van der Waals surface area contributed by atoms with Gasteiger partial charge in [0.25, 0.3) is 5.91 Å². The summed E-state index contributed by atoms with van der Waals surface area (Å²) in [5, 5.41) is 9.30. The first-order chi connectivity index (χ1) is 9.99. The first-order valence-corrected chi connectivity index (χ1v) is 7.58. The molecule has 2 unspecified atom stereocenters. The molecule has 1 N–H and O–H groups in total. The summed E-state index contributed by atoms with van der Waals surface area (Å²) < 4.78 is 5.61. The van der Waals surface area contributed by atoms with Crippen molar-refractivity contribution in [2.45, 2.75) is 27.2 Å². The minimum atomic E-state index is -0.00164. The van der Waals surface area contributed by atoms with Crippen molar-refractivity contribution >= 4 is 5.91 Å². The molecule has 4 heteroatoms. The average molecular weight is 291 g/mol. The minimum absolute atomic E-state index is 0.00164. The number of hydrogen-bond donors (Lipinski definition) is 1. The summed E-state index contributed by atoms with van der Waals surface area (Å²) in [6.45, 7) is 7.80. The Morgan fingerprint density at radius 3 is 2.76 bits per heavy atom. The van der Waals surface area contributed by atoms with Gasteiger partial charge in [0.1, 0.15) is 5.75 Å². The molecule has 0 aromatic heterocycles. The largest absolute Gasteiger partial charge is 0.484 e. The van der Waals surface area contributed by atoms with Gasteiger partial charge in [-0.25, -0.2) is 0 Å². The fraction of sp³-hybridized carbons (Fsp3) is 0.588. The predicted molar refractivity (Wildman–Crippen MR) is 82.3 cm³/mol. The van der Waals surface area contributed by atoms with Crippen LogP contribution >= 0.6 is 0 Å². The first-order valence-electron chi connectivity index (χ1n) is 7.58. The molecule has 1 saturated heterocycles. The third-order valence-electron chi connectivity index (χ3n) is 4.20. The molecule has 1 aliphatic rings. The van der Waals surface area contributed by atoms with Gasteiger partial charge in [0.2, 0.25) is 0 Å². The molecule has 0 aliphatic carbocycles. The molecule has 1 aromatic carbocycles. The summed E-state index contributed by atoms with van der Waals surface area (Å²) in [5.74, 6) is 1.36. The van der Waals surface area contributed by atoms with Crippen LogP contribution in [0.15, 0.2) is 18.2 Å². The zero-order valence-corrected chi connectivity index (χ0v) is 13.1. The van der Waals surface area contributed by atoms with Gasteiger partial charge < -0.3 is 14.7 Å². The van der Waals surface area contributed by atoms with E-state index >= 15 is 0 Å². The number of carbonyl (C=O) groups excluding carboxylic acids is 1. The van der Waals surface area contributed by atoms with Gasteiger partial charge in [0.15, 0.2) is 6.61 Å². The highest BCUT2D eigenvalue weighted by molar-refractivity contribution is 5.77. The van der Waals surface area contributed by atoms with E-state index in [1.807, 2.05) is 30.0 Å². The zero-order valence-electron chi connectivity index (χ0n) is 13.1. The lowest BCUT2D eigenvalue weighted by molar-refractivity contribution is -0.136. The highest BCUT2D eigenvalue weighted by Gasteiger charge is 2.27. The molecular formula is C17H25NO3. The molecule has 0 radical (unpaired) electrons. The predicted octanol–water partition coefficient (Wildman–Crippen LogP) is 2.16.